The van der Waals surface area contributed by atoms with E-state index < -0.39 is 5.91 Å². The van der Waals surface area contributed by atoms with Crippen molar-refractivity contribution in [3.8, 4) is 11.3 Å². The highest BCUT2D eigenvalue weighted by Gasteiger charge is 2.18. The smallest absolute Gasteiger partial charge is 0.248 e. The zero-order valence-electron chi connectivity index (χ0n) is 13.1. The van der Waals surface area contributed by atoms with E-state index in [0.717, 1.165) is 35.8 Å². The van der Waals surface area contributed by atoms with Gasteiger partial charge in [-0.05, 0) is 12.1 Å². The van der Waals surface area contributed by atoms with Crippen LogP contribution in [0.2, 0.25) is 0 Å². The summed E-state index contributed by atoms with van der Waals surface area (Å²) in [6.45, 7) is 2.98. The van der Waals surface area contributed by atoms with Crippen molar-refractivity contribution in [1.82, 2.24) is 14.4 Å². The Labute approximate surface area is 138 Å². The molecule has 122 valence electrons. The van der Waals surface area contributed by atoms with Crippen LogP contribution in [-0.2, 0) is 4.74 Å². The molecule has 1 aliphatic rings. The molecule has 0 bridgehead atoms. The van der Waals surface area contributed by atoms with E-state index in [0.29, 0.717) is 18.8 Å². The third-order valence-electron chi connectivity index (χ3n) is 4.16. The van der Waals surface area contributed by atoms with Gasteiger partial charge in [0.1, 0.15) is 0 Å². The maximum absolute atomic E-state index is 11.4. The minimum absolute atomic E-state index is 0.443. The topological polar surface area (TPSA) is 85.8 Å². The van der Waals surface area contributed by atoms with Gasteiger partial charge in [0, 0.05) is 36.6 Å². The number of hydrogen-bond donors (Lipinski definition) is 1. The Balaban J connectivity index is 1.81. The summed E-state index contributed by atoms with van der Waals surface area (Å²) in [5.41, 5.74) is 8.43. The Morgan fingerprint density at radius 3 is 2.83 bits per heavy atom. The lowest BCUT2D eigenvalue weighted by molar-refractivity contribution is 0.100. The van der Waals surface area contributed by atoms with Crippen LogP contribution in [0.4, 0.5) is 5.82 Å². The SMILES string of the molecule is NC(=O)c1cccc(-c2cnc3c(N4CCOCC4)nccn23)c1. The van der Waals surface area contributed by atoms with Gasteiger partial charge in [-0.15, -0.1) is 0 Å². The van der Waals surface area contributed by atoms with Crippen LogP contribution < -0.4 is 10.6 Å². The number of aromatic nitrogens is 3. The number of amides is 1. The molecule has 0 saturated carbocycles. The second-order valence-electron chi connectivity index (χ2n) is 5.63. The number of rotatable bonds is 3. The summed E-state index contributed by atoms with van der Waals surface area (Å²) in [5, 5.41) is 0. The molecule has 0 radical (unpaired) electrons. The van der Waals surface area contributed by atoms with E-state index >= 15 is 0 Å². The largest absolute Gasteiger partial charge is 0.378 e. The predicted molar refractivity (Wildman–Crippen MR) is 90.0 cm³/mol. The van der Waals surface area contributed by atoms with Gasteiger partial charge in [0.15, 0.2) is 11.5 Å². The lowest BCUT2D eigenvalue weighted by atomic mass is 10.1. The van der Waals surface area contributed by atoms with Crippen molar-refractivity contribution in [2.45, 2.75) is 0 Å². The molecule has 7 heteroatoms. The number of carbonyl (C=O) groups is 1. The quantitative estimate of drug-likeness (QED) is 0.786. The highest BCUT2D eigenvalue weighted by Crippen LogP contribution is 2.26. The molecule has 4 rings (SSSR count). The van der Waals surface area contributed by atoms with Crippen LogP contribution in [0, 0.1) is 0 Å². The molecular weight excluding hydrogens is 306 g/mol. The van der Waals surface area contributed by atoms with E-state index in [2.05, 4.69) is 14.9 Å². The van der Waals surface area contributed by atoms with Gasteiger partial charge < -0.3 is 15.4 Å². The predicted octanol–water partition coefficient (Wildman–Crippen LogP) is 1.33. The number of morpholine rings is 1. The molecule has 1 aromatic carbocycles. The summed E-state index contributed by atoms with van der Waals surface area (Å²) in [5.74, 6) is 0.402. The summed E-state index contributed by atoms with van der Waals surface area (Å²) in [7, 11) is 0. The number of imidazole rings is 1. The molecule has 1 amide bonds. The molecular formula is C17H17N5O2. The van der Waals surface area contributed by atoms with E-state index in [4.69, 9.17) is 10.5 Å². The molecule has 0 unspecified atom stereocenters. The number of nitrogens with two attached hydrogens (primary N) is 1. The van der Waals surface area contributed by atoms with Gasteiger partial charge in [0.05, 0.1) is 25.1 Å². The highest BCUT2D eigenvalue weighted by atomic mass is 16.5. The van der Waals surface area contributed by atoms with Crippen LogP contribution in [0.15, 0.2) is 42.9 Å². The average Bonchev–Trinajstić information content (AvgIpc) is 3.06. The number of primary amides is 1. The molecule has 7 nitrogen and oxygen atoms in total. The van der Waals surface area contributed by atoms with Crippen LogP contribution in [0.1, 0.15) is 10.4 Å². The lowest BCUT2D eigenvalue weighted by Crippen LogP contribution is -2.37. The van der Waals surface area contributed by atoms with Crippen molar-refractivity contribution in [2.24, 2.45) is 5.73 Å². The molecule has 1 fully saturated rings. The van der Waals surface area contributed by atoms with E-state index in [1.807, 2.05) is 22.7 Å². The monoisotopic (exact) mass is 323 g/mol. The molecule has 3 heterocycles. The van der Waals surface area contributed by atoms with Gasteiger partial charge in [-0.25, -0.2) is 9.97 Å². The number of benzene rings is 1. The molecule has 0 spiro atoms. The Morgan fingerprint density at radius 1 is 1.21 bits per heavy atom. The average molecular weight is 323 g/mol. The molecule has 2 aromatic heterocycles. The third-order valence-corrected chi connectivity index (χ3v) is 4.16. The minimum atomic E-state index is -0.443. The van der Waals surface area contributed by atoms with Crippen molar-refractivity contribution in [3.05, 3.63) is 48.4 Å². The molecule has 1 saturated heterocycles. The van der Waals surface area contributed by atoms with Crippen LogP contribution in [0.25, 0.3) is 16.9 Å². The molecule has 3 aromatic rings. The Morgan fingerprint density at radius 2 is 2.04 bits per heavy atom. The zero-order valence-corrected chi connectivity index (χ0v) is 13.1. The highest BCUT2D eigenvalue weighted by molar-refractivity contribution is 5.94. The Bertz CT molecular complexity index is 899. The lowest BCUT2D eigenvalue weighted by Gasteiger charge is -2.27. The molecule has 0 atom stereocenters. The first-order valence-corrected chi connectivity index (χ1v) is 7.79. The van der Waals surface area contributed by atoms with Crippen LogP contribution >= 0.6 is 0 Å². The van der Waals surface area contributed by atoms with Crippen molar-refractivity contribution >= 4 is 17.4 Å². The number of hydrogen-bond acceptors (Lipinski definition) is 5. The molecule has 0 aliphatic carbocycles. The fraction of sp³-hybridized carbons (Fsp3) is 0.235. The summed E-state index contributed by atoms with van der Waals surface area (Å²) < 4.78 is 7.39. The number of fused-ring (bicyclic) bond motifs is 1. The van der Waals surface area contributed by atoms with Gasteiger partial charge >= 0.3 is 0 Å². The van der Waals surface area contributed by atoms with Crippen LogP contribution in [0.3, 0.4) is 0 Å². The fourth-order valence-electron chi connectivity index (χ4n) is 2.95. The molecule has 2 N–H and O–H groups in total. The second kappa shape index (κ2) is 5.93. The van der Waals surface area contributed by atoms with E-state index in [1.165, 1.54) is 0 Å². The van der Waals surface area contributed by atoms with E-state index in [9.17, 15) is 4.79 Å². The van der Waals surface area contributed by atoms with Crippen LogP contribution in [-0.4, -0.2) is 46.6 Å². The van der Waals surface area contributed by atoms with Gasteiger partial charge in [-0.1, -0.05) is 12.1 Å². The van der Waals surface area contributed by atoms with E-state index in [-0.39, 0.29) is 0 Å². The van der Waals surface area contributed by atoms with Gasteiger partial charge in [-0.2, -0.15) is 0 Å². The number of anilines is 1. The third kappa shape index (κ3) is 2.48. The first-order chi connectivity index (χ1) is 11.7. The first kappa shape index (κ1) is 14.6. The second-order valence-corrected chi connectivity index (χ2v) is 5.63. The maximum atomic E-state index is 11.4. The number of carbonyl (C=O) groups excluding carboxylic acids is 1. The summed E-state index contributed by atoms with van der Waals surface area (Å²) >= 11 is 0. The van der Waals surface area contributed by atoms with Gasteiger partial charge in [-0.3, -0.25) is 9.20 Å². The van der Waals surface area contributed by atoms with Gasteiger partial charge in [0.25, 0.3) is 0 Å². The number of ether oxygens (including phenoxy) is 1. The van der Waals surface area contributed by atoms with Crippen LogP contribution in [0.5, 0.6) is 0 Å². The summed E-state index contributed by atoms with van der Waals surface area (Å²) in [6.07, 6.45) is 5.43. The number of nitrogens with zero attached hydrogens (tertiary/aromatic N) is 4. The van der Waals surface area contributed by atoms with Crippen molar-refractivity contribution in [2.75, 3.05) is 31.2 Å². The Kier molecular flexibility index (Phi) is 3.62. The van der Waals surface area contributed by atoms with E-state index in [1.54, 1.807) is 24.5 Å². The fourth-order valence-corrected chi connectivity index (χ4v) is 2.95. The standard InChI is InChI=1S/C17H17N5O2/c18-15(23)13-3-1-2-12(10-13)14-11-20-17-16(19-4-5-22(14)17)21-6-8-24-9-7-21/h1-5,10-11H,6-9H2,(H2,18,23). The maximum Gasteiger partial charge on any atom is 0.248 e. The minimum Gasteiger partial charge on any atom is -0.378 e. The summed E-state index contributed by atoms with van der Waals surface area (Å²) in [6, 6.07) is 7.24. The van der Waals surface area contributed by atoms with Crippen molar-refractivity contribution in [3.63, 3.8) is 0 Å². The zero-order chi connectivity index (χ0) is 16.5. The molecule has 1 aliphatic heterocycles. The first-order valence-electron chi connectivity index (χ1n) is 7.79. The van der Waals surface area contributed by atoms with Gasteiger partial charge in [0.2, 0.25) is 5.91 Å². The summed E-state index contributed by atoms with van der Waals surface area (Å²) in [4.78, 5) is 22.6. The van der Waals surface area contributed by atoms with Crippen molar-refractivity contribution in [1.29, 1.82) is 0 Å². The Hall–Kier alpha value is -2.93. The normalized spacial score (nSPS) is 14.9. The molecule has 24 heavy (non-hydrogen) atoms. The van der Waals surface area contributed by atoms with Crippen molar-refractivity contribution < 1.29 is 9.53 Å².